The van der Waals surface area contributed by atoms with Crippen molar-refractivity contribution in [2.45, 2.75) is 289 Å². The van der Waals surface area contributed by atoms with Crippen LogP contribution in [0, 0.1) is 41.4 Å². The first-order valence-corrected chi connectivity index (χ1v) is 44.7. The number of carbonyl (C=O) groups is 15. The van der Waals surface area contributed by atoms with Crippen molar-refractivity contribution in [3.8, 4) is 5.75 Å². The number of rotatable bonds is 73. The Labute approximate surface area is 700 Å². The number of aliphatic carboxylic acids is 1. The van der Waals surface area contributed by atoms with E-state index in [0.717, 1.165) is 25.7 Å². The van der Waals surface area contributed by atoms with Crippen LogP contribution in [0.2, 0.25) is 0 Å². The summed E-state index contributed by atoms with van der Waals surface area (Å²) in [5, 5.41) is 56.3. The smallest absolute Gasteiger partial charge is 0.305 e. The molecule has 0 spiro atoms. The van der Waals surface area contributed by atoms with Crippen molar-refractivity contribution in [2.24, 2.45) is 80.8 Å². The molecule has 0 heterocycles. The van der Waals surface area contributed by atoms with Gasteiger partial charge >= 0.3 is 5.97 Å². The van der Waals surface area contributed by atoms with E-state index in [1.165, 1.54) is 100 Å². The van der Waals surface area contributed by atoms with Crippen molar-refractivity contribution in [1.29, 1.82) is 0 Å². The number of carboxylic acids is 1. The lowest BCUT2D eigenvalue weighted by Crippen LogP contribution is -2.51. The quantitative estimate of drug-likeness (QED) is 0.0235. The molecule has 8 amide bonds. The van der Waals surface area contributed by atoms with E-state index < -0.39 is 212 Å². The summed E-state index contributed by atoms with van der Waals surface area (Å²) in [4.78, 5) is 210. The molecule has 0 saturated carbocycles. The molecule has 34 heteroatoms. The number of nitrogens with two attached hydrogens (primary N) is 6. The zero-order chi connectivity index (χ0) is 87.8. The van der Waals surface area contributed by atoms with Gasteiger partial charge in [0.1, 0.15) is 17.6 Å². The zero-order valence-corrected chi connectivity index (χ0v) is 71.8. The van der Waals surface area contributed by atoms with Gasteiger partial charge < -0.3 is 86.7 Å². The van der Waals surface area contributed by atoms with E-state index >= 15 is 0 Å². The number of phenols is 1. The van der Waals surface area contributed by atoms with E-state index in [4.69, 9.17) is 34.4 Å². The number of nitrogens with zero attached hydrogens (tertiary/aromatic N) is 1. The first kappa shape index (κ1) is 107. The summed E-state index contributed by atoms with van der Waals surface area (Å²) >= 11 is 2.82. The van der Waals surface area contributed by atoms with E-state index in [2.05, 4.69) is 43.8 Å². The number of carbonyl (C=O) groups excluding carboxylic acids is 14. The summed E-state index contributed by atoms with van der Waals surface area (Å²) in [6.45, 7) is 5.98. The number of primary amides is 2. The second-order valence-corrected chi connectivity index (χ2v) is 33.3. The van der Waals surface area contributed by atoms with Crippen LogP contribution in [0.15, 0.2) is 29.3 Å². The number of benzene rings is 1. The predicted molar refractivity (Wildman–Crippen MR) is 453 cm³/mol. The van der Waals surface area contributed by atoms with Gasteiger partial charge in [0.15, 0.2) is 34.9 Å². The number of nitrogens with one attached hydrogen (secondary N) is 6. The van der Waals surface area contributed by atoms with Crippen LogP contribution in [-0.2, 0) is 78.3 Å². The summed E-state index contributed by atoms with van der Waals surface area (Å²) in [6, 6.07) is -1.25. The van der Waals surface area contributed by atoms with Gasteiger partial charge in [-0.05, 0) is 151 Å². The van der Waals surface area contributed by atoms with Crippen LogP contribution >= 0.6 is 23.5 Å². The van der Waals surface area contributed by atoms with Crippen molar-refractivity contribution in [1.82, 2.24) is 31.9 Å². The van der Waals surface area contributed by atoms with Gasteiger partial charge in [-0.2, -0.15) is 23.5 Å². The van der Waals surface area contributed by atoms with Gasteiger partial charge in [-0.25, -0.2) is 0 Å². The highest BCUT2D eigenvalue weighted by Crippen LogP contribution is 2.26. The van der Waals surface area contributed by atoms with Gasteiger partial charge in [-0.3, -0.25) is 76.9 Å². The Balaban J connectivity index is 3.60. The van der Waals surface area contributed by atoms with Gasteiger partial charge in [0.25, 0.3) is 0 Å². The van der Waals surface area contributed by atoms with Gasteiger partial charge in [0.2, 0.25) is 47.3 Å². The third kappa shape index (κ3) is 48.7. The third-order valence-corrected chi connectivity index (χ3v) is 21.9. The molecule has 0 fully saturated rings. The molecule has 0 aliphatic carbocycles. The maximum atomic E-state index is 14.9. The lowest BCUT2D eigenvalue weighted by atomic mass is 9.87. The first-order valence-electron chi connectivity index (χ1n) is 41.9. The number of aliphatic imine (C=N–C) groups is 1. The molecular formula is C83H141N13O19S2. The lowest BCUT2D eigenvalue weighted by molar-refractivity contribution is -0.141. The minimum atomic E-state index is -1.69. The van der Waals surface area contributed by atoms with Crippen molar-refractivity contribution < 1.29 is 92.3 Å². The molecule has 22 N–H and O–H groups in total. The molecule has 117 heavy (non-hydrogen) atoms. The number of phenolic OH excluding ortho intramolecular Hbond substituents is 1. The van der Waals surface area contributed by atoms with E-state index in [0.29, 0.717) is 49.8 Å². The zero-order valence-electron chi connectivity index (χ0n) is 70.2. The SMILES string of the molecule is CCCCCCCCCCCCCCCC(=O)C[C@@H](CCSC)C(=O)NCC(=O)C[C@@H](Cc1ccc(O)cc1)C(=O)N[C@@H](CCC(N)=O)C(=O)C[C@@H](CCCCN)C(=O)N[C@@H](CCCCN)C(=O)C[C@@H](CC(C)C)C(=O)N[C@@H](CCCN=C(N)N)C(=O)C[C@@H](CO)C(=O)N[C@H](CCSC)C(=O)C[C@H](C(=O)N[C@@H](CC(=O)O)C(N)=O)[C@@H](C)O. The average Bonchev–Trinajstić information content (AvgIpc) is 0.860. The molecule has 0 unspecified atom stereocenters. The average molecular weight is 1690 g/mol. The molecule has 0 saturated heterocycles. The molecular weight excluding hydrogens is 1550 g/mol. The number of thioether (sulfide) groups is 2. The molecule has 12 atom stereocenters. The minimum Gasteiger partial charge on any atom is -0.508 e. The highest BCUT2D eigenvalue weighted by atomic mass is 32.2. The van der Waals surface area contributed by atoms with Crippen LogP contribution in [0.25, 0.3) is 0 Å². The van der Waals surface area contributed by atoms with E-state index in [9.17, 15) is 92.3 Å². The number of hydrogen-bond donors (Lipinski definition) is 16. The Morgan fingerprint density at radius 2 is 0.897 bits per heavy atom. The lowest BCUT2D eigenvalue weighted by Gasteiger charge is -2.27. The highest BCUT2D eigenvalue weighted by Gasteiger charge is 2.38. The molecule has 1 aromatic rings. The maximum absolute atomic E-state index is 14.9. The van der Waals surface area contributed by atoms with Crippen LogP contribution < -0.4 is 66.3 Å². The fourth-order valence-electron chi connectivity index (χ4n) is 13.7. The molecule has 32 nitrogen and oxygen atoms in total. The number of carboxylic acid groups (broad SMARTS) is 1. The Kier molecular flexibility index (Phi) is 57.8. The number of aliphatic hydroxyl groups excluding tert-OH is 2. The van der Waals surface area contributed by atoms with Gasteiger partial charge in [-0.15, -0.1) is 0 Å². The number of aromatic hydroxyl groups is 1. The molecule has 1 aromatic carbocycles. The molecule has 664 valence electrons. The Morgan fingerprint density at radius 1 is 0.453 bits per heavy atom. The standard InChI is InChI=1S/C83H141N13O19S2/c1-7-8-9-10-11-12-13-14-15-16-17-18-19-26-62(100)44-57(35-40-116-5)77(110)91-51-63(101)45-59(43-55-29-31-61(99)32-30-55)80(113)94-67(33-34-74(86)106)70(102)46-56(25-20-22-37-84)78(111)92-65(27-21-23-38-85)71(103)47-58(42-53(2)3)79(112)93-66(28-24-39-90-83(88)89)72(104)48-60(52-97)81(114)95-68(36-41-117-6)73(105)49-64(54(4)98)82(115)96-69(76(87)109)50-75(107)108/h29-32,53-54,56-60,64-69,97-99H,7-28,33-52,84-85H2,1-6H3,(H2,86,106)(H2,87,109)(H,91,110)(H,92,111)(H,93,112)(H,94,113)(H,95,114)(H,96,115)(H,107,108)(H4,88,89,90)/t54-,56-,57-,58-,59-,60+,64+,65+,66+,67+,68-,69+/m1/s1. The highest BCUT2D eigenvalue weighted by molar-refractivity contribution is 7.98. The van der Waals surface area contributed by atoms with Crippen LogP contribution in [0.3, 0.4) is 0 Å². The normalized spacial score (nSPS) is 14.4. The van der Waals surface area contributed by atoms with Gasteiger partial charge in [-0.1, -0.05) is 116 Å². The number of amides is 8. The maximum Gasteiger partial charge on any atom is 0.305 e. The first-order chi connectivity index (χ1) is 55.6. The summed E-state index contributed by atoms with van der Waals surface area (Å²) in [7, 11) is 0. The molecule has 0 aromatic heterocycles. The minimum absolute atomic E-state index is 0.0157. The van der Waals surface area contributed by atoms with E-state index in [1.54, 1.807) is 32.2 Å². The monoisotopic (exact) mass is 1690 g/mol. The van der Waals surface area contributed by atoms with Crippen molar-refractivity contribution in [3.05, 3.63) is 29.8 Å². The Bertz CT molecular complexity index is 3250. The largest absolute Gasteiger partial charge is 0.508 e. The van der Waals surface area contributed by atoms with Crippen LogP contribution in [-0.4, -0.2) is 207 Å². The van der Waals surface area contributed by atoms with Crippen LogP contribution in [0.4, 0.5) is 0 Å². The molecule has 0 aliphatic heterocycles. The van der Waals surface area contributed by atoms with Crippen molar-refractivity contribution >= 4 is 117 Å². The summed E-state index contributed by atoms with van der Waals surface area (Å²) in [5.41, 5.74) is 34.4. The summed E-state index contributed by atoms with van der Waals surface area (Å²) in [5.74, 6) is -18.7. The van der Waals surface area contributed by atoms with Gasteiger partial charge in [0.05, 0.1) is 61.7 Å². The number of guanidine groups is 1. The fraction of sp³-hybridized carbons (Fsp3) is 0.735. The van der Waals surface area contributed by atoms with Crippen LogP contribution in [0.5, 0.6) is 5.75 Å². The van der Waals surface area contributed by atoms with E-state index in [-0.39, 0.29) is 107 Å². The number of unbranched alkanes of at least 4 members (excludes halogenated alkanes) is 14. The van der Waals surface area contributed by atoms with Crippen LogP contribution in [0.1, 0.15) is 252 Å². The van der Waals surface area contributed by atoms with Crippen molar-refractivity contribution in [3.63, 3.8) is 0 Å². The number of hydrogen-bond acceptors (Lipinski definition) is 23. The topological polar surface area (TPSA) is 578 Å². The Morgan fingerprint density at radius 3 is 1.39 bits per heavy atom. The third-order valence-electron chi connectivity index (χ3n) is 20.6. The summed E-state index contributed by atoms with van der Waals surface area (Å²) < 4.78 is 0. The molecule has 0 aliphatic rings. The Hall–Kier alpha value is -7.92. The number of Topliss-reactive ketones (excluding diaryl/α,β-unsaturated/α-hetero) is 6. The molecule has 0 bridgehead atoms. The fourth-order valence-corrected chi connectivity index (χ4v) is 14.7. The number of aliphatic hydroxyl groups is 2. The number of ketones is 6. The molecule has 1 rings (SSSR count). The second-order valence-electron chi connectivity index (χ2n) is 31.3. The van der Waals surface area contributed by atoms with Crippen molar-refractivity contribution in [2.75, 3.05) is 56.8 Å². The predicted octanol–water partition coefficient (Wildman–Crippen LogP) is 4.87. The molecule has 0 radical (unpaired) electrons. The summed E-state index contributed by atoms with van der Waals surface area (Å²) in [6.07, 6.45) is 15.0. The second kappa shape index (κ2) is 63.2. The van der Waals surface area contributed by atoms with Gasteiger partial charge in [0, 0.05) is 81.6 Å². The van der Waals surface area contributed by atoms with E-state index in [1.807, 2.05) is 6.26 Å².